The lowest BCUT2D eigenvalue weighted by molar-refractivity contribution is -0.136. The standard InChI is InChI=1S/C25H36N4O2/c1-6-7-15-28(20-16-24(2,3)27-25(4,5)17-20)23(31)18-29-22(30)14-13-21(26-29)19-11-9-8-10-12-19/h8-14,20,27H,6-7,15-18H2,1-5H3. The minimum absolute atomic E-state index is 0.0337. The number of unbranched alkanes of at least 4 members (excludes halogenated alkanes) is 1. The van der Waals surface area contributed by atoms with Crippen molar-refractivity contribution in [2.45, 2.75) is 84.0 Å². The van der Waals surface area contributed by atoms with E-state index >= 15 is 0 Å². The Balaban J connectivity index is 1.85. The Kier molecular flexibility index (Phi) is 6.99. The molecule has 6 heteroatoms. The quantitative estimate of drug-likeness (QED) is 0.733. The van der Waals surface area contributed by atoms with E-state index in [1.165, 1.54) is 10.7 Å². The van der Waals surface area contributed by atoms with Crippen molar-refractivity contribution < 1.29 is 4.79 Å². The summed E-state index contributed by atoms with van der Waals surface area (Å²) < 4.78 is 1.31. The molecule has 0 aliphatic carbocycles. The summed E-state index contributed by atoms with van der Waals surface area (Å²) >= 11 is 0. The number of hydrogen-bond donors (Lipinski definition) is 1. The lowest BCUT2D eigenvalue weighted by atomic mass is 9.79. The highest BCUT2D eigenvalue weighted by molar-refractivity contribution is 5.76. The number of amides is 1. The summed E-state index contributed by atoms with van der Waals surface area (Å²) in [6.07, 6.45) is 3.74. The van der Waals surface area contributed by atoms with Gasteiger partial charge in [0.2, 0.25) is 5.91 Å². The summed E-state index contributed by atoms with van der Waals surface area (Å²) in [5, 5.41) is 8.18. The number of nitrogens with one attached hydrogen (secondary N) is 1. The van der Waals surface area contributed by atoms with Gasteiger partial charge < -0.3 is 10.2 Å². The van der Waals surface area contributed by atoms with Gasteiger partial charge in [-0.3, -0.25) is 9.59 Å². The van der Waals surface area contributed by atoms with Crippen LogP contribution in [-0.4, -0.2) is 44.3 Å². The van der Waals surface area contributed by atoms with Crippen LogP contribution >= 0.6 is 0 Å². The summed E-state index contributed by atoms with van der Waals surface area (Å²) in [6.45, 7) is 11.6. The Morgan fingerprint density at radius 1 is 1.10 bits per heavy atom. The molecule has 1 aliphatic rings. The molecule has 2 heterocycles. The predicted molar refractivity (Wildman–Crippen MR) is 125 cm³/mol. The van der Waals surface area contributed by atoms with E-state index in [-0.39, 0.29) is 35.1 Å². The minimum Gasteiger partial charge on any atom is -0.338 e. The average molecular weight is 425 g/mol. The Bertz CT molecular complexity index is 933. The second-order valence-electron chi connectivity index (χ2n) is 9.98. The second-order valence-corrected chi connectivity index (χ2v) is 9.98. The van der Waals surface area contributed by atoms with Crippen LogP contribution in [0.5, 0.6) is 0 Å². The second kappa shape index (κ2) is 9.35. The lowest BCUT2D eigenvalue weighted by Crippen LogP contribution is -2.63. The molecule has 1 aromatic heterocycles. The molecule has 2 aromatic rings. The van der Waals surface area contributed by atoms with E-state index in [0.29, 0.717) is 12.2 Å². The van der Waals surface area contributed by atoms with Crippen molar-refractivity contribution in [2.75, 3.05) is 6.54 Å². The molecule has 1 amide bonds. The van der Waals surface area contributed by atoms with Gasteiger partial charge in [-0.15, -0.1) is 0 Å². The van der Waals surface area contributed by atoms with Gasteiger partial charge in [-0.1, -0.05) is 43.7 Å². The molecular weight excluding hydrogens is 388 g/mol. The predicted octanol–water partition coefficient (Wildman–Crippen LogP) is 3.85. The topological polar surface area (TPSA) is 67.2 Å². The minimum atomic E-state index is -0.255. The monoisotopic (exact) mass is 424 g/mol. The maximum Gasteiger partial charge on any atom is 0.267 e. The van der Waals surface area contributed by atoms with Crippen LogP contribution in [-0.2, 0) is 11.3 Å². The van der Waals surface area contributed by atoms with Crippen molar-refractivity contribution in [3.05, 3.63) is 52.8 Å². The molecule has 6 nitrogen and oxygen atoms in total. The van der Waals surface area contributed by atoms with Gasteiger partial charge in [-0.25, -0.2) is 4.68 Å². The number of carbonyl (C=O) groups is 1. The van der Waals surface area contributed by atoms with Gasteiger partial charge in [-0.2, -0.15) is 5.10 Å². The van der Waals surface area contributed by atoms with Gasteiger partial charge >= 0.3 is 0 Å². The summed E-state index contributed by atoms with van der Waals surface area (Å²) in [7, 11) is 0. The Hall–Kier alpha value is -2.47. The highest BCUT2D eigenvalue weighted by Gasteiger charge is 2.41. The molecule has 1 fully saturated rings. The largest absolute Gasteiger partial charge is 0.338 e. The molecule has 0 spiro atoms. The number of nitrogens with zero attached hydrogens (tertiary/aromatic N) is 3. The Labute approximate surface area is 185 Å². The van der Waals surface area contributed by atoms with E-state index in [0.717, 1.165) is 31.2 Å². The van der Waals surface area contributed by atoms with Crippen LogP contribution in [0.25, 0.3) is 11.3 Å². The van der Waals surface area contributed by atoms with Gasteiger partial charge in [0.05, 0.1) is 5.69 Å². The van der Waals surface area contributed by atoms with Gasteiger partial charge in [0.15, 0.2) is 0 Å². The summed E-state index contributed by atoms with van der Waals surface area (Å²) in [6, 6.07) is 13.1. The Morgan fingerprint density at radius 2 is 1.74 bits per heavy atom. The number of aromatic nitrogens is 2. The third-order valence-electron chi connectivity index (χ3n) is 5.90. The molecule has 1 aromatic carbocycles. The normalized spacial score (nSPS) is 18.0. The van der Waals surface area contributed by atoms with Gasteiger partial charge in [0.25, 0.3) is 5.56 Å². The van der Waals surface area contributed by atoms with Gasteiger partial charge in [0, 0.05) is 35.3 Å². The van der Waals surface area contributed by atoms with E-state index < -0.39 is 0 Å². The van der Waals surface area contributed by atoms with Crippen LogP contribution in [0.15, 0.2) is 47.3 Å². The van der Waals surface area contributed by atoms with Crippen molar-refractivity contribution in [1.29, 1.82) is 0 Å². The summed E-state index contributed by atoms with van der Waals surface area (Å²) in [4.78, 5) is 27.9. The fraction of sp³-hybridized carbons (Fsp3) is 0.560. The van der Waals surface area contributed by atoms with E-state index in [4.69, 9.17) is 0 Å². The zero-order valence-electron chi connectivity index (χ0n) is 19.5. The van der Waals surface area contributed by atoms with Gasteiger partial charge in [-0.05, 0) is 53.0 Å². The van der Waals surface area contributed by atoms with Crippen LogP contribution in [0, 0.1) is 0 Å². The molecule has 0 unspecified atom stereocenters. The highest BCUT2D eigenvalue weighted by atomic mass is 16.2. The first-order chi connectivity index (χ1) is 14.6. The third kappa shape index (κ3) is 6.03. The molecule has 1 aliphatic heterocycles. The molecule has 0 bridgehead atoms. The van der Waals surface area contributed by atoms with E-state index in [1.807, 2.05) is 35.2 Å². The smallest absolute Gasteiger partial charge is 0.267 e. The molecule has 31 heavy (non-hydrogen) atoms. The number of rotatable bonds is 7. The number of hydrogen-bond acceptors (Lipinski definition) is 4. The van der Waals surface area contributed by atoms with Crippen LogP contribution in [0.3, 0.4) is 0 Å². The van der Waals surface area contributed by atoms with Crippen LogP contribution in [0.1, 0.15) is 60.3 Å². The van der Waals surface area contributed by atoms with Crippen LogP contribution in [0.2, 0.25) is 0 Å². The van der Waals surface area contributed by atoms with Crippen molar-refractivity contribution in [1.82, 2.24) is 20.0 Å². The molecule has 168 valence electrons. The summed E-state index contributed by atoms with van der Waals surface area (Å²) in [5.74, 6) is -0.0354. The highest BCUT2D eigenvalue weighted by Crippen LogP contribution is 2.32. The first-order valence-corrected chi connectivity index (χ1v) is 11.3. The molecule has 0 atom stereocenters. The SMILES string of the molecule is CCCCN(C(=O)Cn1nc(-c2ccccc2)ccc1=O)C1CC(C)(C)NC(C)(C)C1. The van der Waals surface area contributed by atoms with Crippen molar-refractivity contribution in [2.24, 2.45) is 0 Å². The van der Waals surface area contributed by atoms with E-state index in [2.05, 4.69) is 45.0 Å². The molecule has 1 saturated heterocycles. The van der Waals surface area contributed by atoms with Crippen LogP contribution in [0.4, 0.5) is 0 Å². The zero-order chi connectivity index (χ0) is 22.6. The molecule has 0 radical (unpaired) electrons. The zero-order valence-corrected chi connectivity index (χ0v) is 19.5. The van der Waals surface area contributed by atoms with Gasteiger partial charge in [0.1, 0.15) is 6.54 Å². The average Bonchev–Trinajstić information content (AvgIpc) is 2.68. The number of piperidine rings is 1. The maximum absolute atomic E-state index is 13.4. The fourth-order valence-electron chi connectivity index (χ4n) is 4.87. The molecule has 3 rings (SSSR count). The molecule has 1 N–H and O–H groups in total. The number of carbonyl (C=O) groups excluding carboxylic acids is 1. The molecular formula is C25H36N4O2. The van der Waals surface area contributed by atoms with E-state index in [1.54, 1.807) is 6.07 Å². The maximum atomic E-state index is 13.4. The lowest BCUT2D eigenvalue weighted by Gasteiger charge is -2.49. The van der Waals surface area contributed by atoms with Crippen molar-refractivity contribution in [3.8, 4) is 11.3 Å². The van der Waals surface area contributed by atoms with Crippen molar-refractivity contribution >= 4 is 5.91 Å². The summed E-state index contributed by atoms with van der Waals surface area (Å²) in [5.41, 5.74) is 1.25. The van der Waals surface area contributed by atoms with E-state index in [9.17, 15) is 9.59 Å². The fourth-order valence-corrected chi connectivity index (χ4v) is 4.87. The molecule has 0 saturated carbocycles. The van der Waals surface area contributed by atoms with Crippen molar-refractivity contribution in [3.63, 3.8) is 0 Å². The first kappa shape index (κ1) is 23.2. The van der Waals surface area contributed by atoms with Crippen LogP contribution < -0.4 is 10.9 Å². The Morgan fingerprint density at radius 3 is 2.35 bits per heavy atom. The first-order valence-electron chi connectivity index (χ1n) is 11.3. The number of benzene rings is 1. The third-order valence-corrected chi connectivity index (χ3v) is 5.90.